The molecule has 3 fully saturated rings. The second-order valence-corrected chi connectivity index (χ2v) is 10.7. The summed E-state index contributed by atoms with van der Waals surface area (Å²) < 4.78 is 0. The maximum absolute atomic E-state index is 6.10. The largest absolute Gasteiger partial charge is 0.383 e. The van der Waals surface area contributed by atoms with E-state index in [1.807, 2.05) is 6.07 Å². The minimum absolute atomic E-state index is 0.549. The monoisotopic (exact) mass is 472 g/mol. The van der Waals surface area contributed by atoms with Gasteiger partial charge in [-0.3, -0.25) is 0 Å². The summed E-state index contributed by atoms with van der Waals surface area (Å²) in [6.07, 6.45) is 14.6. The fraction of sp³-hybridized carbons (Fsp3) is 0.846. The Hall–Kier alpha value is -1.64. The van der Waals surface area contributed by atoms with Crippen molar-refractivity contribution in [1.82, 2.24) is 25.9 Å². The molecule has 8 nitrogen and oxygen atoms in total. The summed E-state index contributed by atoms with van der Waals surface area (Å²) >= 11 is 0. The highest BCUT2D eigenvalue weighted by atomic mass is 15.2. The Morgan fingerprint density at radius 1 is 0.882 bits per heavy atom. The van der Waals surface area contributed by atoms with E-state index >= 15 is 0 Å². The third kappa shape index (κ3) is 8.54. The Bertz CT molecular complexity index is 692. The van der Waals surface area contributed by atoms with Crippen molar-refractivity contribution in [2.75, 3.05) is 68.3 Å². The topological polar surface area (TPSA) is 103 Å². The number of anilines is 3. The van der Waals surface area contributed by atoms with E-state index in [2.05, 4.69) is 31.2 Å². The van der Waals surface area contributed by atoms with Gasteiger partial charge >= 0.3 is 0 Å². The van der Waals surface area contributed by atoms with Crippen LogP contribution < -0.4 is 31.9 Å². The van der Waals surface area contributed by atoms with Gasteiger partial charge in [-0.1, -0.05) is 19.3 Å². The molecule has 0 atom stereocenters. The van der Waals surface area contributed by atoms with E-state index in [1.165, 1.54) is 77.3 Å². The lowest BCUT2D eigenvalue weighted by atomic mass is 9.82. The number of rotatable bonds is 11. The van der Waals surface area contributed by atoms with E-state index in [0.717, 1.165) is 63.5 Å². The number of hydrogen-bond acceptors (Lipinski definition) is 8. The molecule has 2 saturated carbocycles. The first-order valence-corrected chi connectivity index (χ1v) is 14.0. The Kier molecular flexibility index (Phi) is 10.5. The quantitative estimate of drug-likeness (QED) is 0.313. The summed E-state index contributed by atoms with van der Waals surface area (Å²) in [5.74, 6) is 3.70. The molecule has 34 heavy (non-hydrogen) atoms. The molecule has 4 rings (SSSR count). The van der Waals surface area contributed by atoms with Gasteiger partial charge in [0.25, 0.3) is 0 Å². The van der Waals surface area contributed by atoms with Crippen LogP contribution in [0.5, 0.6) is 0 Å². The minimum Gasteiger partial charge on any atom is -0.383 e. The van der Waals surface area contributed by atoms with Crippen LogP contribution in [0.1, 0.15) is 70.6 Å². The maximum atomic E-state index is 6.10. The number of hydrogen-bond donors (Lipinski definition) is 5. The molecule has 192 valence electrons. The van der Waals surface area contributed by atoms with Crippen molar-refractivity contribution in [3.05, 3.63) is 6.07 Å². The highest BCUT2D eigenvalue weighted by Crippen LogP contribution is 2.28. The first-order chi connectivity index (χ1) is 16.8. The Morgan fingerprint density at radius 2 is 1.68 bits per heavy atom. The van der Waals surface area contributed by atoms with E-state index in [-0.39, 0.29) is 0 Å². The van der Waals surface area contributed by atoms with E-state index in [0.29, 0.717) is 17.7 Å². The zero-order valence-corrected chi connectivity index (χ0v) is 21.2. The average molecular weight is 473 g/mol. The third-order valence-corrected chi connectivity index (χ3v) is 7.91. The first-order valence-electron chi connectivity index (χ1n) is 14.0. The summed E-state index contributed by atoms with van der Waals surface area (Å²) in [5, 5.41) is 14.4. The zero-order valence-electron chi connectivity index (χ0n) is 21.2. The third-order valence-electron chi connectivity index (χ3n) is 7.91. The van der Waals surface area contributed by atoms with Gasteiger partial charge in [-0.25, -0.2) is 0 Å². The fourth-order valence-corrected chi connectivity index (χ4v) is 5.78. The fourth-order valence-electron chi connectivity index (χ4n) is 5.78. The van der Waals surface area contributed by atoms with Gasteiger partial charge in [0.15, 0.2) is 0 Å². The molecule has 2 aliphatic carbocycles. The van der Waals surface area contributed by atoms with Crippen LogP contribution in [0.15, 0.2) is 6.07 Å². The van der Waals surface area contributed by atoms with Crippen molar-refractivity contribution in [1.29, 1.82) is 0 Å². The maximum Gasteiger partial charge on any atom is 0.226 e. The molecule has 8 heteroatoms. The Labute approximate surface area is 206 Å². The zero-order chi connectivity index (χ0) is 23.4. The Balaban J connectivity index is 1.09. The number of nitrogens with two attached hydrogens (primary N) is 1. The van der Waals surface area contributed by atoms with Crippen LogP contribution in [0, 0.1) is 11.8 Å². The van der Waals surface area contributed by atoms with Crippen LogP contribution in [0.25, 0.3) is 0 Å². The standard InChI is InChI=1S/C26H48N8/c27-24-18-25(34-16-5-13-28-15-17-34)33-26(32-24)31-20-22-10-8-21(9-11-22)19-29-12-4-14-30-23-6-2-1-3-7-23/h18,21-23,28-30H,1-17,19-20H2,(H3,27,31,32,33). The normalized spacial score (nSPS) is 24.6. The molecule has 1 aromatic rings. The highest BCUT2D eigenvalue weighted by molar-refractivity contribution is 5.51. The van der Waals surface area contributed by atoms with E-state index in [4.69, 9.17) is 10.7 Å². The molecule has 0 amide bonds. The first kappa shape index (κ1) is 25.5. The molecule has 6 N–H and O–H groups in total. The molecular weight excluding hydrogens is 424 g/mol. The summed E-state index contributed by atoms with van der Waals surface area (Å²) in [7, 11) is 0. The minimum atomic E-state index is 0.549. The van der Waals surface area contributed by atoms with E-state index in [9.17, 15) is 0 Å². The molecule has 0 spiro atoms. The lowest BCUT2D eigenvalue weighted by molar-refractivity contribution is 0.275. The van der Waals surface area contributed by atoms with Gasteiger partial charge in [-0.2, -0.15) is 9.97 Å². The highest BCUT2D eigenvalue weighted by Gasteiger charge is 2.21. The number of nitrogens with zero attached hydrogens (tertiary/aromatic N) is 3. The lowest BCUT2D eigenvalue weighted by Gasteiger charge is -2.29. The van der Waals surface area contributed by atoms with Crippen molar-refractivity contribution < 1.29 is 0 Å². The van der Waals surface area contributed by atoms with E-state index in [1.54, 1.807) is 0 Å². The van der Waals surface area contributed by atoms with E-state index < -0.39 is 0 Å². The van der Waals surface area contributed by atoms with Gasteiger partial charge in [-0.15, -0.1) is 0 Å². The van der Waals surface area contributed by atoms with Crippen LogP contribution in [-0.4, -0.2) is 68.4 Å². The second-order valence-electron chi connectivity index (χ2n) is 10.7. The average Bonchev–Trinajstić information content (AvgIpc) is 3.16. The molecule has 3 aliphatic rings. The van der Waals surface area contributed by atoms with Crippen LogP contribution >= 0.6 is 0 Å². The second kappa shape index (κ2) is 14.0. The molecule has 0 unspecified atom stereocenters. The molecule has 2 heterocycles. The number of nitrogen functional groups attached to an aromatic ring is 1. The van der Waals surface area contributed by atoms with Gasteiger partial charge in [-0.05, 0) is 89.4 Å². The predicted molar refractivity (Wildman–Crippen MR) is 142 cm³/mol. The summed E-state index contributed by atoms with van der Waals surface area (Å²) in [5.41, 5.74) is 6.10. The molecule has 0 aromatic carbocycles. The van der Waals surface area contributed by atoms with Crippen LogP contribution in [0.2, 0.25) is 0 Å². The molecule has 1 aliphatic heterocycles. The van der Waals surface area contributed by atoms with Gasteiger partial charge in [0.1, 0.15) is 11.6 Å². The van der Waals surface area contributed by atoms with Crippen molar-refractivity contribution in [2.24, 2.45) is 11.8 Å². The summed E-state index contributed by atoms with van der Waals surface area (Å²) in [4.78, 5) is 11.5. The van der Waals surface area contributed by atoms with Crippen LogP contribution in [0.3, 0.4) is 0 Å². The van der Waals surface area contributed by atoms with Crippen LogP contribution in [0.4, 0.5) is 17.6 Å². The smallest absolute Gasteiger partial charge is 0.226 e. The lowest BCUT2D eigenvalue weighted by Crippen LogP contribution is -2.34. The van der Waals surface area contributed by atoms with Gasteiger partial charge in [0, 0.05) is 38.3 Å². The van der Waals surface area contributed by atoms with Crippen molar-refractivity contribution in [2.45, 2.75) is 76.7 Å². The number of aromatic nitrogens is 2. The molecular formula is C26H48N8. The number of nitrogens with one attached hydrogen (secondary N) is 4. The summed E-state index contributed by atoms with van der Waals surface area (Å²) in [6, 6.07) is 2.69. The summed E-state index contributed by atoms with van der Waals surface area (Å²) in [6.45, 7) is 8.46. The van der Waals surface area contributed by atoms with Crippen molar-refractivity contribution in [3.63, 3.8) is 0 Å². The van der Waals surface area contributed by atoms with Gasteiger partial charge in [0.05, 0.1) is 0 Å². The molecule has 1 aromatic heterocycles. The molecule has 0 radical (unpaired) electrons. The van der Waals surface area contributed by atoms with Crippen molar-refractivity contribution in [3.8, 4) is 0 Å². The SMILES string of the molecule is Nc1cc(N2CCCNCC2)nc(NCC2CCC(CNCCCNC3CCCCC3)CC2)n1. The molecule has 0 bridgehead atoms. The van der Waals surface area contributed by atoms with Crippen molar-refractivity contribution >= 4 is 17.6 Å². The van der Waals surface area contributed by atoms with Gasteiger partial charge < -0.3 is 31.9 Å². The van der Waals surface area contributed by atoms with Crippen LogP contribution in [-0.2, 0) is 0 Å². The van der Waals surface area contributed by atoms with Gasteiger partial charge in [0.2, 0.25) is 5.95 Å². The molecule has 1 saturated heterocycles. The predicted octanol–water partition coefficient (Wildman–Crippen LogP) is 2.98. The Morgan fingerprint density at radius 3 is 2.50 bits per heavy atom.